The van der Waals surface area contributed by atoms with Crippen molar-refractivity contribution in [2.45, 2.75) is 44.6 Å². The number of sulfone groups is 1. The van der Waals surface area contributed by atoms with Gasteiger partial charge in [0.1, 0.15) is 5.54 Å². The van der Waals surface area contributed by atoms with Crippen molar-refractivity contribution in [3.63, 3.8) is 0 Å². The van der Waals surface area contributed by atoms with Gasteiger partial charge in [0.2, 0.25) is 5.91 Å². The summed E-state index contributed by atoms with van der Waals surface area (Å²) in [6, 6.07) is 0. The van der Waals surface area contributed by atoms with Crippen LogP contribution in [0, 0.1) is 11.8 Å². The van der Waals surface area contributed by atoms with Gasteiger partial charge in [-0.2, -0.15) is 0 Å². The molecular formula is C13H23N3O4S. The van der Waals surface area contributed by atoms with E-state index in [1.807, 2.05) is 0 Å². The summed E-state index contributed by atoms with van der Waals surface area (Å²) in [6.45, 7) is 2.13. The molecular weight excluding hydrogens is 294 g/mol. The molecule has 1 saturated heterocycles. The average Bonchev–Trinajstić information content (AvgIpc) is 2.81. The molecule has 0 bridgehead atoms. The van der Waals surface area contributed by atoms with E-state index >= 15 is 0 Å². The first-order valence-electron chi connectivity index (χ1n) is 7.28. The summed E-state index contributed by atoms with van der Waals surface area (Å²) < 4.78 is 23.0. The highest BCUT2D eigenvalue weighted by Crippen LogP contribution is 2.33. The third-order valence-corrected chi connectivity index (χ3v) is 6.46. The van der Waals surface area contributed by atoms with Gasteiger partial charge in [-0.1, -0.05) is 12.1 Å². The van der Waals surface area contributed by atoms with Gasteiger partial charge in [0.15, 0.2) is 15.7 Å². The molecule has 1 amide bonds. The van der Waals surface area contributed by atoms with Gasteiger partial charge < -0.3 is 16.3 Å². The summed E-state index contributed by atoms with van der Waals surface area (Å²) in [5, 5.41) is 14.9. The molecule has 1 atom stereocenters. The van der Waals surface area contributed by atoms with E-state index in [2.05, 4.69) is 17.4 Å². The standard InChI is InChI=1S/C13H23N3O4S/c1-9-2-5-13(6-3-9,12(14)16-18)15-11(17)10-4-7-21(19,20)8-10/h9-10,18H,2-8H2,1H3,(H2,14,16)(H,15,17). The van der Waals surface area contributed by atoms with Gasteiger partial charge in [-0.25, -0.2) is 8.42 Å². The third-order valence-electron chi connectivity index (χ3n) is 4.69. The van der Waals surface area contributed by atoms with Crippen LogP contribution in [0.2, 0.25) is 0 Å². The molecule has 0 aromatic carbocycles. The van der Waals surface area contributed by atoms with Crippen molar-refractivity contribution in [1.29, 1.82) is 0 Å². The molecule has 2 fully saturated rings. The van der Waals surface area contributed by atoms with E-state index in [-0.39, 0.29) is 23.2 Å². The Morgan fingerprint density at radius 1 is 1.33 bits per heavy atom. The van der Waals surface area contributed by atoms with Gasteiger partial charge in [0.25, 0.3) is 0 Å². The fraction of sp³-hybridized carbons (Fsp3) is 0.846. The van der Waals surface area contributed by atoms with E-state index < -0.39 is 21.3 Å². The molecule has 1 aliphatic heterocycles. The van der Waals surface area contributed by atoms with Crippen LogP contribution >= 0.6 is 0 Å². The summed E-state index contributed by atoms with van der Waals surface area (Å²) >= 11 is 0. The second-order valence-electron chi connectivity index (χ2n) is 6.34. The minimum atomic E-state index is -3.11. The summed E-state index contributed by atoms with van der Waals surface area (Å²) in [6.07, 6.45) is 3.31. The molecule has 0 aromatic heterocycles. The predicted octanol–water partition coefficient (Wildman–Crippen LogP) is 0.233. The predicted molar refractivity (Wildman–Crippen MR) is 78.7 cm³/mol. The zero-order valence-electron chi connectivity index (χ0n) is 12.2. The minimum absolute atomic E-state index is 0.00334. The lowest BCUT2D eigenvalue weighted by Crippen LogP contribution is -2.60. The second kappa shape index (κ2) is 5.82. The topological polar surface area (TPSA) is 122 Å². The highest BCUT2D eigenvalue weighted by molar-refractivity contribution is 7.91. The number of amides is 1. The molecule has 0 aromatic rings. The first-order chi connectivity index (χ1) is 9.78. The Morgan fingerprint density at radius 3 is 2.43 bits per heavy atom. The lowest BCUT2D eigenvalue weighted by atomic mass is 9.76. The van der Waals surface area contributed by atoms with Crippen LogP contribution in [-0.2, 0) is 14.6 Å². The average molecular weight is 317 g/mol. The number of rotatable bonds is 3. The van der Waals surface area contributed by atoms with E-state index in [4.69, 9.17) is 10.9 Å². The maximum Gasteiger partial charge on any atom is 0.224 e. The number of amidine groups is 1. The molecule has 7 nitrogen and oxygen atoms in total. The number of hydrogen-bond acceptors (Lipinski definition) is 5. The maximum atomic E-state index is 12.3. The zero-order chi connectivity index (χ0) is 15.7. The van der Waals surface area contributed by atoms with Gasteiger partial charge in [0.05, 0.1) is 17.4 Å². The Morgan fingerprint density at radius 2 is 1.95 bits per heavy atom. The van der Waals surface area contributed by atoms with Crippen molar-refractivity contribution in [1.82, 2.24) is 5.32 Å². The van der Waals surface area contributed by atoms with Crippen LogP contribution < -0.4 is 11.1 Å². The van der Waals surface area contributed by atoms with Crippen LogP contribution in [0.25, 0.3) is 0 Å². The lowest BCUT2D eigenvalue weighted by molar-refractivity contribution is -0.125. The van der Waals surface area contributed by atoms with Crippen LogP contribution in [0.15, 0.2) is 5.16 Å². The summed E-state index contributed by atoms with van der Waals surface area (Å²) in [4.78, 5) is 12.3. The Bertz CT molecular complexity index is 536. The smallest absolute Gasteiger partial charge is 0.224 e. The van der Waals surface area contributed by atoms with Crippen molar-refractivity contribution in [3.05, 3.63) is 0 Å². The lowest BCUT2D eigenvalue weighted by Gasteiger charge is -2.39. The normalized spacial score (nSPS) is 36.3. The molecule has 2 rings (SSSR count). The van der Waals surface area contributed by atoms with Crippen LogP contribution in [0.1, 0.15) is 39.0 Å². The van der Waals surface area contributed by atoms with E-state index in [1.54, 1.807) is 0 Å². The van der Waals surface area contributed by atoms with Gasteiger partial charge in [-0.3, -0.25) is 4.79 Å². The fourth-order valence-corrected chi connectivity index (χ4v) is 4.88. The van der Waals surface area contributed by atoms with Crippen molar-refractivity contribution in [2.75, 3.05) is 11.5 Å². The first kappa shape index (κ1) is 16.1. The van der Waals surface area contributed by atoms with E-state index in [9.17, 15) is 13.2 Å². The number of oxime groups is 1. The minimum Gasteiger partial charge on any atom is -0.409 e. The number of nitrogens with two attached hydrogens (primary N) is 1. The summed E-state index contributed by atoms with van der Waals surface area (Å²) in [7, 11) is -3.11. The Balaban J connectivity index is 2.11. The van der Waals surface area contributed by atoms with E-state index in [0.717, 1.165) is 12.8 Å². The van der Waals surface area contributed by atoms with Crippen LogP contribution in [-0.4, -0.2) is 42.4 Å². The Labute approximate surface area is 124 Å². The molecule has 8 heteroatoms. The van der Waals surface area contributed by atoms with Crippen molar-refractivity contribution in [3.8, 4) is 0 Å². The van der Waals surface area contributed by atoms with E-state index in [1.165, 1.54) is 0 Å². The second-order valence-corrected chi connectivity index (χ2v) is 8.57. The van der Waals surface area contributed by atoms with Crippen LogP contribution in [0.3, 0.4) is 0 Å². The summed E-state index contributed by atoms with van der Waals surface area (Å²) in [5.41, 5.74) is 4.95. The third kappa shape index (κ3) is 3.48. The fourth-order valence-electron chi connectivity index (χ4n) is 3.14. The molecule has 1 aliphatic carbocycles. The van der Waals surface area contributed by atoms with Gasteiger partial charge in [-0.15, -0.1) is 0 Å². The Kier molecular flexibility index (Phi) is 4.46. The van der Waals surface area contributed by atoms with E-state index in [0.29, 0.717) is 25.2 Å². The molecule has 1 unspecified atom stereocenters. The largest absolute Gasteiger partial charge is 0.409 e. The van der Waals surface area contributed by atoms with Crippen molar-refractivity contribution in [2.24, 2.45) is 22.7 Å². The Hall–Kier alpha value is -1.31. The van der Waals surface area contributed by atoms with Crippen molar-refractivity contribution >= 4 is 21.6 Å². The molecule has 1 heterocycles. The molecule has 21 heavy (non-hydrogen) atoms. The van der Waals surface area contributed by atoms with Crippen LogP contribution in [0.4, 0.5) is 0 Å². The van der Waals surface area contributed by atoms with Gasteiger partial charge in [-0.05, 0) is 38.0 Å². The molecule has 4 N–H and O–H groups in total. The van der Waals surface area contributed by atoms with Gasteiger partial charge >= 0.3 is 0 Å². The summed E-state index contributed by atoms with van der Waals surface area (Å²) in [5.74, 6) is -0.355. The highest BCUT2D eigenvalue weighted by Gasteiger charge is 2.42. The highest BCUT2D eigenvalue weighted by atomic mass is 32.2. The molecule has 0 spiro atoms. The maximum absolute atomic E-state index is 12.3. The van der Waals surface area contributed by atoms with Gasteiger partial charge in [0, 0.05) is 0 Å². The monoisotopic (exact) mass is 317 g/mol. The van der Waals surface area contributed by atoms with Crippen molar-refractivity contribution < 1.29 is 18.4 Å². The van der Waals surface area contributed by atoms with Crippen LogP contribution in [0.5, 0.6) is 0 Å². The number of nitrogens with zero attached hydrogens (tertiary/aromatic N) is 1. The number of carbonyl (C=O) groups is 1. The number of carbonyl (C=O) groups excluding carboxylic acids is 1. The number of hydrogen-bond donors (Lipinski definition) is 3. The molecule has 1 saturated carbocycles. The first-order valence-corrected chi connectivity index (χ1v) is 9.10. The molecule has 0 radical (unpaired) electrons. The quantitative estimate of drug-likeness (QED) is 0.298. The SMILES string of the molecule is CC1CCC(NC(=O)C2CCS(=O)(=O)C2)(C(N)=NO)CC1. The number of nitrogens with one attached hydrogen (secondary N) is 1. The molecule has 120 valence electrons. The molecule has 2 aliphatic rings. The zero-order valence-corrected chi connectivity index (χ0v) is 13.0.